The summed E-state index contributed by atoms with van der Waals surface area (Å²) in [6.45, 7) is 7.79. The van der Waals surface area contributed by atoms with Gasteiger partial charge in [0.15, 0.2) is 0 Å². The van der Waals surface area contributed by atoms with Crippen molar-refractivity contribution in [2.75, 3.05) is 32.9 Å². The van der Waals surface area contributed by atoms with Crippen LogP contribution in [0.1, 0.15) is 57.6 Å². The molecule has 1 aromatic carbocycles. The second-order valence-electron chi connectivity index (χ2n) is 7.07. The maximum Gasteiger partial charge on any atom is 0.355 e. The first-order valence-corrected chi connectivity index (χ1v) is 10.1. The zero-order valence-corrected chi connectivity index (χ0v) is 17.5. The van der Waals surface area contributed by atoms with Gasteiger partial charge < -0.3 is 19.2 Å². The third kappa shape index (κ3) is 4.88. The van der Waals surface area contributed by atoms with Crippen LogP contribution in [0.15, 0.2) is 24.3 Å². The van der Waals surface area contributed by atoms with Crippen molar-refractivity contribution in [1.82, 2.24) is 9.88 Å². The molecule has 1 fully saturated rings. The van der Waals surface area contributed by atoms with Gasteiger partial charge in [-0.1, -0.05) is 12.1 Å². The van der Waals surface area contributed by atoms with E-state index >= 15 is 0 Å². The molecule has 0 aliphatic carbocycles. The zero-order chi connectivity index (χ0) is 21.7. The van der Waals surface area contributed by atoms with Gasteiger partial charge in [-0.3, -0.25) is 4.90 Å². The van der Waals surface area contributed by atoms with E-state index in [2.05, 4.69) is 9.88 Å². The normalized spacial score (nSPS) is 17.0. The van der Waals surface area contributed by atoms with Gasteiger partial charge in [0.1, 0.15) is 11.5 Å². The van der Waals surface area contributed by atoms with Gasteiger partial charge in [-0.25, -0.2) is 14.0 Å². The van der Waals surface area contributed by atoms with Gasteiger partial charge in [-0.2, -0.15) is 0 Å². The number of morpholine rings is 1. The Bertz CT molecular complexity index is 894. The highest BCUT2D eigenvalue weighted by Crippen LogP contribution is 2.26. The molecule has 0 spiro atoms. The van der Waals surface area contributed by atoms with Crippen LogP contribution in [0.4, 0.5) is 4.39 Å². The van der Waals surface area contributed by atoms with Crippen LogP contribution in [0.25, 0.3) is 0 Å². The van der Waals surface area contributed by atoms with Crippen molar-refractivity contribution in [1.29, 1.82) is 0 Å². The third-order valence-electron chi connectivity index (χ3n) is 5.06. The summed E-state index contributed by atoms with van der Waals surface area (Å²) >= 11 is 0. The summed E-state index contributed by atoms with van der Waals surface area (Å²) in [5.74, 6) is -1.27. The highest BCUT2D eigenvalue weighted by atomic mass is 19.1. The molecule has 0 unspecified atom stereocenters. The highest BCUT2D eigenvalue weighted by Gasteiger charge is 2.28. The minimum Gasteiger partial charge on any atom is -0.462 e. The number of H-pyrrole nitrogens is 1. The van der Waals surface area contributed by atoms with Crippen molar-refractivity contribution < 1.29 is 28.2 Å². The highest BCUT2D eigenvalue weighted by molar-refractivity contribution is 5.98. The van der Waals surface area contributed by atoms with E-state index in [-0.39, 0.29) is 30.8 Å². The van der Waals surface area contributed by atoms with Gasteiger partial charge in [0.2, 0.25) is 0 Å². The van der Waals surface area contributed by atoms with Gasteiger partial charge in [-0.15, -0.1) is 0 Å². The summed E-state index contributed by atoms with van der Waals surface area (Å²) in [6.07, 6.45) is -0.203. The van der Waals surface area contributed by atoms with Crippen LogP contribution in [0.3, 0.4) is 0 Å². The number of carbonyl (C=O) groups is 2. The summed E-state index contributed by atoms with van der Waals surface area (Å²) in [6, 6.07) is 6.25. The Hall–Kier alpha value is -2.71. The first kappa shape index (κ1) is 22.0. The minimum absolute atomic E-state index is 0.203. The fraction of sp³-hybridized carbons (Fsp3) is 0.455. The lowest BCUT2D eigenvalue weighted by atomic mass is 10.1. The summed E-state index contributed by atoms with van der Waals surface area (Å²) in [5.41, 5.74) is 2.64. The molecular formula is C22H27FN2O5. The lowest BCUT2D eigenvalue weighted by Crippen LogP contribution is -2.38. The monoisotopic (exact) mass is 418 g/mol. The maximum absolute atomic E-state index is 13.2. The van der Waals surface area contributed by atoms with E-state index in [0.29, 0.717) is 43.1 Å². The van der Waals surface area contributed by atoms with Crippen LogP contribution in [0.2, 0.25) is 0 Å². The number of rotatable bonds is 7. The Morgan fingerprint density at radius 2 is 1.83 bits per heavy atom. The number of nitrogens with one attached hydrogen (secondary N) is 1. The standard InChI is InChI=1S/C22H27FN2O5/c1-4-28-21(26)19-14(3)20(22(27)29-5-2)24-17(19)12-25-10-11-30-18(13-25)15-6-8-16(23)9-7-15/h6-9,18,24H,4-5,10-13H2,1-3H3/t18-/m1/s1. The van der Waals surface area contributed by atoms with Crippen molar-refractivity contribution in [2.24, 2.45) is 0 Å². The summed E-state index contributed by atoms with van der Waals surface area (Å²) < 4.78 is 29.4. The average molecular weight is 418 g/mol. The van der Waals surface area contributed by atoms with Crippen molar-refractivity contribution in [3.05, 3.63) is 58.2 Å². The van der Waals surface area contributed by atoms with Gasteiger partial charge in [0, 0.05) is 25.3 Å². The van der Waals surface area contributed by atoms with Crippen LogP contribution >= 0.6 is 0 Å². The minimum atomic E-state index is -0.502. The molecule has 1 atom stereocenters. The fourth-order valence-electron chi connectivity index (χ4n) is 3.61. The molecule has 30 heavy (non-hydrogen) atoms. The number of hydrogen-bond acceptors (Lipinski definition) is 6. The van der Waals surface area contributed by atoms with Crippen LogP contribution < -0.4 is 0 Å². The Kier molecular flexibility index (Phi) is 7.23. The summed E-state index contributed by atoms with van der Waals surface area (Å²) in [5, 5.41) is 0. The molecule has 1 saturated heterocycles. The molecule has 162 valence electrons. The van der Waals surface area contributed by atoms with Crippen molar-refractivity contribution in [3.8, 4) is 0 Å². The number of esters is 2. The van der Waals surface area contributed by atoms with Gasteiger partial charge in [0.05, 0.1) is 31.5 Å². The number of hydrogen-bond donors (Lipinski definition) is 1. The van der Waals surface area contributed by atoms with Crippen molar-refractivity contribution >= 4 is 11.9 Å². The number of halogens is 1. The predicted molar refractivity (Wildman–Crippen MR) is 108 cm³/mol. The van der Waals surface area contributed by atoms with Gasteiger partial charge >= 0.3 is 11.9 Å². The smallest absolute Gasteiger partial charge is 0.355 e. The Morgan fingerprint density at radius 3 is 2.50 bits per heavy atom. The van der Waals surface area contributed by atoms with Gasteiger partial charge in [0.25, 0.3) is 0 Å². The SMILES string of the molecule is CCOC(=O)c1[nH]c(CN2CCO[C@@H](c3ccc(F)cc3)C2)c(C(=O)OCC)c1C. The maximum atomic E-state index is 13.2. The predicted octanol–water partition coefficient (Wildman–Crippen LogP) is 3.39. The molecule has 1 aliphatic heterocycles. The second-order valence-corrected chi connectivity index (χ2v) is 7.07. The first-order chi connectivity index (χ1) is 14.4. The van der Waals surface area contributed by atoms with Crippen LogP contribution in [-0.2, 0) is 20.8 Å². The Labute approximate surface area is 175 Å². The van der Waals surface area contributed by atoms with Crippen LogP contribution in [0, 0.1) is 12.7 Å². The number of carbonyl (C=O) groups excluding carboxylic acids is 2. The molecular weight excluding hydrogens is 391 g/mol. The number of benzene rings is 1. The lowest BCUT2D eigenvalue weighted by Gasteiger charge is -2.33. The topological polar surface area (TPSA) is 80.9 Å². The molecule has 0 saturated carbocycles. The van der Waals surface area contributed by atoms with Crippen LogP contribution in [0.5, 0.6) is 0 Å². The summed E-state index contributed by atoms with van der Waals surface area (Å²) in [7, 11) is 0. The second kappa shape index (κ2) is 9.86. The van der Waals surface area contributed by atoms with E-state index in [9.17, 15) is 14.0 Å². The molecule has 0 radical (unpaired) electrons. The largest absolute Gasteiger partial charge is 0.462 e. The van der Waals surface area contributed by atoms with E-state index in [1.165, 1.54) is 12.1 Å². The molecule has 2 heterocycles. The van der Waals surface area contributed by atoms with Crippen LogP contribution in [-0.4, -0.2) is 54.7 Å². The first-order valence-electron chi connectivity index (χ1n) is 10.1. The molecule has 8 heteroatoms. The van der Waals surface area contributed by atoms with E-state index in [0.717, 1.165) is 5.56 Å². The zero-order valence-electron chi connectivity index (χ0n) is 17.5. The average Bonchev–Trinajstić information content (AvgIpc) is 3.05. The van der Waals surface area contributed by atoms with E-state index in [4.69, 9.17) is 14.2 Å². The molecule has 2 aromatic rings. The van der Waals surface area contributed by atoms with Crippen molar-refractivity contribution in [2.45, 2.75) is 33.4 Å². The third-order valence-corrected chi connectivity index (χ3v) is 5.06. The fourth-order valence-corrected chi connectivity index (χ4v) is 3.61. The molecule has 1 aliphatic rings. The Balaban J connectivity index is 1.83. The lowest BCUT2D eigenvalue weighted by molar-refractivity contribution is -0.0333. The molecule has 1 aromatic heterocycles. The Morgan fingerprint density at radius 1 is 1.17 bits per heavy atom. The molecule has 3 rings (SSSR count). The molecule has 7 nitrogen and oxygen atoms in total. The molecule has 1 N–H and O–H groups in total. The van der Waals surface area contributed by atoms with Gasteiger partial charge in [-0.05, 0) is 44.0 Å². The summed E-state index contributed by atoms with van der Waals surface area (Å²) in [4.78, 5) is 30.1. The quantitative estimate of drug-likeness (QED) is 0.695. The number of aromatic nitrogens is 1. The molecule has 0 amide bonds. The van der Waals surface area contributed by atoms with E-state index in [1.54, 1.807) is 32.9 Å². The van der Waals surface area contributed by atoms with E-state index < -0.39 is 11.9 Å². The number of nitrogens with zero attached hydrogens (tertiary/aromatic N) is 1. The molecule has 0 bridgehead atoms. The van der Waals surface area contributed by atoms with E-state index in [1.807, 2.05) is 0 Å². The number of ether oxygens (including phenoxy) is 3. The van der Waals surface area contributed by atoms with Crippen molar-refractivity contribution in [3.63, 3.8) is 0 Å². The number of aromatic amines is 1.